The molecule has 2 aliphatic rings. The summed E-state index contributed by atoms with van der Waals surface area (Å²) < 4.78 is 10.6. The summed E-state index contributed by atoms with van der Waals surface area (Å²) in [4.78, 5) is 27.1. The number of carbonyl (C=O) groups excluding carboxylic acids is 2. The van der Waals surface area contributed by atoms with Gasteiger partial charge < -0.3 is 19.7 Å². The Balaban J connectivity index is 1.47. The molecule has 6 nitrogen and oxygen atoms in total. The molecule has 4 rings (SSSR count). The van der Waals surface area contributed by atoms with Gasteiger partial charge in [-0.1, -0.05) is 23.7 Å². The fraction of sp³-hybridized carbons (Fsp3) is 0.273. The first kappa shape index (κ1) is 19.3. The van der Waals surface area contributed by atoms with Gasteiger partial charge in [-0.3, -0.25) is 9.59 Å². The van der Waals surface area contributed by atoms with Crippen LogP contribution in [-0.2, 0) is 4.79 Å². The molecule has 1 saturated heterocycles. The number of benzene rings is 2. The van der Waals surface area contributed by atoms with E-state index < -0.39 is 0 Å². The Bertz CT molecular complexity index is 967. The number of piperidine rings is 1. The molecule has 0 radical (unpaired) electrons. The van der Waals surface area contributed by atoms with Crippen molar-refractivity contribution in [3.63, 3.8) is 0 Å². The lowest BCUT2D eigenvalue weighted by molar-refractivity contribution is -0.111. The Morgan fingerprint density at radius 3 is 2.69 bits per heavy atom. The average molecular weight is 413 g/mol. The summed E-state index contributed by atoms with van der Waals surface area (Å²) >= 11 is 6.17. The van der Waals surface area contributed by atoms with Crippen LogP contribution >= 0.6 is 11.6 Å². The van der Waals surface area contributed by atoms with E-state index in [0.717, 1.165) is 32.4 Å². The van der Waals surface area contributed by atoms with E-state index in [1.807, 2.05) is 4.90 Å². The molecular formula is C22H21ClN2O4. The van der Waals surface area contributed by atoms with Crippen LogP contribution < -0.4 is 14.8 Å². The topological polar surface area (TPSA) is 67.9 Å². The minimum atomic E-state index is -0.335. The van der Waals surface area contributed by atoms with Crippen molar-refractivity contribution in [2.24, 2.45) is 0 Å². The highest BCUT2D eigenvalue weighted by atomic mass is 35.5. The summed E-state index contributed by atoms with van der Waals surface area (Å²) in [6.45, 7) is 1.64. The van der Waals surface area contributed by atoms with Crippen molar-refractivity contribution < 1.29 is 19.1 Å². The predicted molar refractivity (Wildman–Crippen MR) is 111 cm³/mol. The van der Waals surface area contributed by atoms with E-state index in [4.69, 9.17) is 21.1 Å². The third-order valence-corrected chi connectivity index (χ3v) is 5.22. The number of fused-ring (bicyclic) bond motifs is 1. The molecule has 0 bridgehead atoms. The second-order valence-corrected chi connectivity index (χ2v) is 7.36. The quantitative estimate of drug-likeness (QED) is 0.758. The van der Waals surface area contributed by atoms with Gasteiger partial charge in [0.1, 0.15) is 0 Å². The highest BCUT2D eigenvalue weighted by Gasteiger charge is 2.21. The molecule has 0 spiro atoms. The van der Waals surface area contributed by atoms with Gasteiger partial charge in [0.15, 0.2) is 11.5 Å². The van der Waals surface area contributed by atoms with Gasteiger partial charge in [0.05, 0.1) is 16.3 Å². The molecule has 1 fully saturated rings. The van der Waals surface area contributed by atoms with Crippen LogP contribution in [0.3, 0.4) is 0 Å². The number of anilines is 1. The number of halogens is 1. The van der Waals surface area contributed by atoms with Crippen LogP contribution in [-0.4, -0.2) is 36.6 Å². The molecule has 7 heteroatoms. The second-order valence-electron chi connectivity index (χ2n) is 6.96. The first-order valence-corrected chi connectivity index (χ1v) is 9.96. The van der Waals surface area contributed by atoms with Gasteiger partial charge >= 0.3 is 0 Å². The van der Waals surface area contributed by atoms with Crippen LogP contribution in [0.4, 0.5) is 5.69 Å². The monoisotopic (exact) mass is 412 g/mol. The fourth-order valence-electron chi connectivity index (χ4n) is 3.48. The highest BCUT2D eigenvalue weighted by Crippen LogP contribution is 2.40. The van der Waals surface area contributed by atoms with E-state index in [9.17, 15) is 9.59 Å². The summed E-state index contributed by atoms with van der Waals surface area (Å²) in [5.41, 5.74) is 1.72. The Labute approximate surface area is 174 Å². The first-order chi connectivity index (χ1) is 14.1. The van der Waals surface area contributed by atoms with Gasteiger partial charge in [-0.05, 0) is 55.2 Å². The van der Waals surface area contributed by atoms with Crippen LogP contribution in [0.2, 0.25) is 5.02 Å². The molecular weight excluding hydrogens is 392 g/mol. The van der Waals surface area contributed by atoms with Crippen LogP contribution in [0, 0.1) is 0 Å². The van der Waals surface area contributed by atoms with Crippen molar-refractivity contribution in [1.82, 2.24) is 4.90 Å². The minimum Gasteiger partial charge on any atom is -0.454 e. The van der Waals surface area contributed by atoms with Crippen molar-refractivity contribution in [3.8, 4) is 11.5 Å². The molecule has 0 aliphatic carbocycles. The second kappa shape index (κ2) is 8.57. The molecule has 0 aromatic heterocycles. The van der Waals surface area contributed by atoms with E-state index in [1.54, 1.807) is 42.5 Å². The smallest absolute Gasteiger partial charge is 0.255 e. The number of amides is 2. The number of nitrogens with zero attached hydrogens (tertiary/aromatic N) is 1. The molecule has 2 aromatic rings. The number of rotatable bonds is 4. The largest absolute Gasteiger partial charge is 0.454 e. The molecule has 2 heterocycles. The van der Waals surface area contributed by atoms with Gasteiger partial charge in [0, 0.05) is 19.2 Å². The summed E-state index contributed by atoms with van der Waals surface area (Å²) in [6, 6.07) is 10.5. The van der Waals surface area contributed by atoms with E-state index in [-0.39, 0.29) is 18.6 Å². The molecule has 2 amide bonds. The van der Waals surface area contributed by atoms with Crippen LogP contribution in [0.25, 0.3) is 6.08 Å². The van der Waals surface area contributed by atoms with Crippen LogP contribution in [0.5, 0.6) is 11.5 Å². The van der Waals surface area contributed by atoms with Crippen molar-refractivity contribution in [3.05, 3.63) is 58.6 Å². The molecule has 29 heavy (non-hydrogen) atoms. The summed E-state index contributed by atoms with van der Waals surface area (Å²) in [5, 5.41) is 3.23. The first-order valence-electron chi connectivity index (χ1n) is 9.58. The lowest BCUT2D eigenvalue weighted by atomic mass is 10.1. The zero-order valence-corrected chi connectivity index (χ0v) is 16.6. The van der Waals surface area contributed by atoms with Gasteiger partial charge in [-0.2, -0.15) is 0 Å². The minimum absolute atomic E-state index is 0.0490. The summed E-state index contributed by atoms with van der Waals surface area (Å²) in [7, 11) is 0. The van der Waals surface area contributed by atoms with E-state index in [1.165, 1.54) is 6.08 Å². The number of nitrogens with one attached hydrogen (secondary N) is 1. The van der Waals surface area contributed by atoms with Crippen LogP contribution in [0.1, 0.15) is 35.2 Å². The average Bonchev–Trinajstić information content (AvgIpc) is 3.22. The van der Waals surface area contributed by atoms with Crippen LogP contribution in [0.15, 0.2) is 42.5 Å². The number of likely N-dealkylation sites (tertiary alicyclic amines) is 1. The maximum Gasteiger partial charge on any atom is 0.255 e. The van der Waals surface area contributed by atoms with Crippen molar-refractivity contribution >= 4 is 35.2 Å². The standard InChI is InChI=1S/C22H21ClN2O4/c23-17-12-15(13-19-21(17)29-14-28-19)8-9-20(26)24-18-7-3-2-6-16(18)22(27)25-10-4-1-5-11-25/h2-3,6-9,12-13H,1,4-5,10-11,14H2,(H,24,26)/b9-8+. The van der Waals surface area contributed by atoms with Crippen molar-refractivity contribution in [2.45, 2.75) is 19.3 Å². The van der Waals surface area contributed by atoms with Gasteiger partial charge in [0.2, 0.25) is 12.7 Å². The lowest BCUT2D eigenvalue weighted by Gasteiger charge is -2.27. The van der Waals surface area contributed by atoms with Crippen molar-refractivity contribution in [1.29, 1.82) is 0 Å². The summed E-state index contributed by atoms with van der Waals surface area (Å²) in [5.74, 6) is 0.679. The van der Waals surface area contributed by atoms with E-state index in [2.05, 4.69) is 5.32 Å². The molecule has 1 N–H and O–H groups in total. The number of ether oxygens (including phenoxy) is 2. The number of hydrogen-bond acceptors (Lipinski definition) is 4. The van der Waals surface area contributed by atoms with Gasteiger partial charge in [-0.15, -0.1) is 0 Å². The fourth-order valence-corrected chi connectivity index (χ4v) is 3.75. The maximum atomic E-state index is 12.8. The predicted octanol–water partition coefficient (Wildman–Crippen LogP) is 4.35. The Hall–Kier alpha value is -2.99. The molecule has 2 aliphatic heterocycles. The number of para-hydroxylation sites is 1. The summed E-state index contributed by atoms with van der Waals surface area (Å²) in [6.07, 6.45) is 6.22. The Morgan fingerprint density at radius 2 is 1.86 bits per heavy atom. The molecule has 0 saturated carbocycles. The molecule has 2 aromatic carbocycles. The zero-order valence-electron chi connectivity index (χ0n) is 15.8. The van der Waals surface area contributed by atoms with E-state index in [0.29, 0.717) is 33.3 Å². The van der Waals surface area contributed by atoms with Gasteiger partial charge in [-0.25, -0.2) is 0 Å². The molecule has 0 unspecified atom stereocenters. The number of hydrogen-bond donors (Lipinski definition) is 1. The third kappa shape index (κ3) is 4.38. The third-order valence-electron chi connectivity index (χ3n) is 4.94. The van der Waals surface area contributed by atoms with E-state index >= 15 is 0 Å². The molecule has 150 valence electrons. The highest BCUT2D eigenvalue weighted by molar-refractivity contribution is 6.32. The SMILES string of the molecule is O=C(/C=C/c1cc(Cl)c2c(c1)OCO2)Nc1ccccc1C(=O)N1CCCCC1. The normalized spacial score (nSPS) is 15.6. The van der Waals surface area contributed by atoms with Gasteiger partial charge in [0.25, 0.3) is 5.91 Å². The lowest BCUT2D eigenvalue weighted by Crippen LogP contribution is -2.36. The van der Waals surface area contributed by atoms with Crippen molar-refractivity contribution in [2.75, 3.05) is 25.2 Å². The number of carbonyl (C=O) groups is 2. The maximum absolute atomic E-state index is 12.8. The molecule has 0 atom stereocenters. The zero-order chi connectivity index (χ0) is 20.2. The Kier molecular flexibility index (Phi) is 5.71. The Morgan fingerprint density at radius 1 is 1.07 bits per heavy atom.